The average molecular weight is 379 g/mol. The fourth-order valence-electron chi connectivity index (χ4n) is 2.92. The number of aryl methyl sites for hydroxylation is 1. The van der Waals surface area contributed by atoms with Crippen LogP contribution in [0.4, 0.5) is 13.2 Å². The van der Waals surface area contributed by atoms with Crippen molar-refractivity contribution in [2.24, 2.45) is 0 Å². The topological polar surface area (TPSA) is 41.6 Å². The highest BCUT2D eigenvalue weighted by Crippen LogP contribution is 2.31. The van der Waals surface area contributed by atoms with Gasteiger partial charge >= 0.3 is 12.1 Å². The van der Waals surface area contributed by atoms with Crippen LogP contribution in [-0.4, -0.2) is 37.0 Å². The third-order valence-electron chi connectivity index (χ3n) is 4.30. The van der Waals surface area contributed by atoms with Gasteiger partial charge in [0.2, 0.25) is 0 Å². The molecule has 0 aliphatic carbocycles. The number of hydrogen-bond acceptors (Lipinski definition) is 4. The molecule has 4 nitrogen and oxygen atoms in total. The summed E-state index contributed by atoms with van der Waals surface area (Å²) >= 11 is 4.97. The Kier molecular flexibility index (Phi) is 7.53. The highest BCUT2D eigenvalue weighted by atomic mass is 35.5. The van der Waals surface area contributed by atoms with Crippen molar-refractivity contribution in [2.75, 3.05) is 26.2 Å². The zero-order valence-electron chi connectivity index (χ0n) is 13.9. The van der Waals surface area contributed by atoms with Gasteiger partial charge in [0.1, 0.15) is 11.9 Å². The van der Waals surface area contributed by atoms with E-state index in [1.54, 1.807) is 6.07 Å². The van der Waals surface area contributed by atoms with Crippen molar-refractivity contribution in [1.82, 2.24) is 10.2 Å². The van der Waals surface area contributed by atoms with Crippen LogP contribution in [0.25, 0.3) is 0 Å². The molecule has 140 valence electrons. The van der Waals surface area contributed by atoms with E-state index >= 15 is 0 Å². The molecule has 1 heterocycles. The van der Waals surface area contributed by atoms with Crippen LogP contribution in [0.3, 0.4) is 0 Å². The van der Waals surface area contributed by atoms with Gasteiger partial charge in [-0.25, -0.2) is 0 Å². The molecule has 2 rings (SSSR count). The van der Waals surface area contributed by atoms with E-state index in [1.165, 1.54) is 6.07 Å². The average Bonchev–Trinajstić information content (AvgIpc) is 2.59. The molecule has 25 heavy (non-hydrogen) atoms. The van der Waals surface area contributed by atoms with E-state index in [-0.39, 0.29) is 6.42 Å². The van der Waals surface area contributed by atoms with Gasteiger partial charge in [-0.05, 0) is 42.5 Å². The molecule has 0 unspecified atom stereocenters. The van der Waals surface area contributed by atoms with Gasteiger partial charge in [-0.3, -0.25) is 9.69 Å². The SMILES string of the molecule is O=C(CCCCc1cc(C(F)(F)F)ccc1CN1CCNCC1)OCl. The highest BCUT2D eigenvalue weighted by molar-refractivity contribution is 6.13. The largest absolute Gasteiger partial charge is 0.416 e. The van der Waals surface area contributed by atoms with Crippen LogP contribution in [0, 0.1) is 0 Å². The third-order valence-corrected chi connectivity index (χ3v) is 4.47. The normalized spacial score (nSPS) is 16.0. The van der Waals surface area contributed by atoms with Crippen molar-refractivity contribution in [1.29, 1.82) is 0 Å². The number of carbonyl (C=O) groups excluding carboxylic acids is 1. The molecule has 1 fully saturated rings. The molecule has 0 atom stereocenters. The second kappa shape index (κ2) is 9.40. The van der Waals surface area contributed by atoms with Gasteiger partial charge in [-0.15, -0.1) is 0 Å². The van der Waals surface area contributed by atoms with Gasteiger partial charge in [-0.1, -0.05) is 6.07 Å². The first-order valence-corrected chi connectivity index (χ1v) is 8.64. The van der Waals surface area contributed by atoms with E-state index in [0.717, 1.165) is 37.8 Å². The summed E-state index contributed by atoms with van der Waals surface area (Å²) in [5.41, 5.74) is 0.967. The van der Waals surface area contributed by atoms with Crippen LogP contribution in [0.1, 0.15) is 36.0 Å². The summed E-state index contributed by atoms with van der Waals surface area (Å²) in [5, 5.41) is 3.26. The second-order valence-electron chi connectivity index (χ2n) is 6.16. The van der Waals surface area contributed by atoms with Crippen molar-refractivity contribution in [2.45, 2.75) is 38.4 Å². The molecular formula is C17H22ClF3N2O2. The van der Waals surface area contributed by atoms with Gasteiger partial charge in [0, 0.05) is 39.1 Å². The van der Waals surface area contributed by atoms with Gasteiger partial charge < -0.3 is 9.61 Å². The summed E-state index contributed by atoms with van der Waals surface area (Å²) in [5.74, 6) is -0.522. The number of benzene rings is 1. The quantitative estimate of drug-likeness (QED) is 0.737. The number of halogens is 4. The fourth-order valence-corrected chi connectivity index (χ4v) is 3.00. The Hall–Kier alpha value is -1.31. The molecule has 0 spiro atoms. The molecule has 0 saturated carbocycles. The summed E-state index contributed by atoms with van der Waals surface area (Å²) < 4.78 is 43.1. The Morgan fingerprint density at radius 3 is 2.56 bits per heavy atom. The Balaban J connectivity index is 2.06. The lowest BCUT2D eigenvalue weighted by Gasteiger charge is -2.28. The van der Waals surface area contributed by atoms with E-state index in [9.17, 15) is 18.0 Å². The van der Waals surface area contributed by atoms with E-state index in [2.05, 4.69) is 14.5 Å². The molecule has 1 aromatic carbocycles. The monoisotopic (exact) mass is 378 g/mol. The van der Waals surface area contributed by atoms with Crippen LogP contribution in [-0.2, 0) is 28.2 Å². The number of nitrogens with zero attached hydrogens (tertiary/aromatic N) is 1. The maximum atomic E-state index is 13.0. The first-order chi connectivity index (χ1) is 11.9. The summed E-state index contributed by atoms with van der Waals surface area (Å²) in [6.45, 7) is 4.16. The van der Waals surface area contributed by atoms with Crippen LogP contribution in [0.2, 0.25) is 0 Å². The molecule has 0 radical (unpaired) electrons. The smallest absolute Gasteiger partial charge is 0.348 e. The lowest BCUT2D eigenvalue weighted by molar-refractivity contribution is -0.137. The van der Waals surface area contributed by atoms with E-state index in [4.69, 9.17) is 11.9 Å². The number of nitrogens with one attached hydrogen (secondary N) is 1. The van der Waals surface area contributed by atoms with Crippen LogP contribution in [0.15, 0.2) is 18.2 Å². The van der Waals surface area contributed by atoms with Crippen molar-refractivity contribution in [3.05, 3.63) is 34.9 Å². The molecule has 0 aromatic heterocycles. The fraction of sp³-hybridized carbons (Fsp3) is 0.588. The standard InChI is InChI=1S/C17H22ClF3N2O2/c18-25-16(24)4-2-1-3-13-11-15(17(19,20)21)6-5-14(13)12-23-9-7-22-8-10-23/h5-6,11,22H,1-4,7-10,12H2. The zero-order valence-corrected chi connectivity index (χ0v) is 14.6. The van der Waals surface area contributed by atoms with Crippen molar-refractivity contribution in [3.63, 3.8) is 0 Å². The molecule has 0 bridgehead atoms. The minimum Gasteiger partial charge on any atom is -0.348 e. The van der Waals surface area contributed by atoms with Crippen LogP contribution >= 0.6 is 11.9 Å². The maximum Gasteiger partial charge on any atom is 0.416 e. The number of piperazine rings is 1. The van der Waals surface area contributed by atoms with Gasteiger partial charge in [0.05, 0.1) is 5.56 Å². The highest BCUT2D eigenvalue weighted by Gasteiger charge is 2.31. The van der Waals surface area contributed by atoms with Crippen LogP contribution < -0.4 is 5.32 Å². The Bertz CT molecular complexity index is 576. The van der Waals surface area contributed by atoms with E-state index in [0.29, 0.717) is 31.4 Å². The first-order valence-electron chi connectivity index (χ1n) is 8.33. The Labute approximate surface area is 150 Å². The summed E-state index contributed by atoms with van der Waals surface area (Å²) in [6, 6.07) is 3.95. The lowest BCUT2D eigenvalue weighted by atomic mass is 9.97. The molecule has 1 aliphatic rings. The van der Waals surface area contributed by atoms with E-state index < -0.39 is 17.7 Å². The maximum absolute atomic E-state index is 13.0. The number of hydrogen-bond donors (Lipinski definition) is 1. The molecule has 0 amide bonds. The number of alkyl halides is 3. The van der Waals surface area contributed by atoms with Crippen molar-refractivity contribution >= 4 is 17.8 Å². The molecular weight excluding hydrogens is 357 g/mol. The second-order valence-corrected chi connectivity index (χ2v) is 6.32. The number of rotatable bonds is 7. The predicted molar refractivity (Wildman–Crippen MR) is 89.1 cm³/mol. The summed E-state index contributed by atoms with van der Waals surface area (Å²) in [4.78, 5) is 13.3. The first kappa shape index (κ1) is 20.0. The number of carbonyl (C=O) groups is 1. The Morgan fingerprint density at radius 1 is 1.20 bits per heavy atom. The molecule has 1 saturated heterocycles. The van der Waals surface area contributed by atoms with Crippen LogP contribution in [0.5, 0.6) is 0 Å². The zero-order chi connectivity index (χ0) is 18.3. The van der Waals surface area contributed by atoms with Gasteiger partial charge in [-0.2, -0.15) is 13.2 Å². The molecule has 1 aromatic rings. The van der Waals surface area contributed by atoms with Crippen molar-refractivity contribution < 1.29 is 22.3 Å². The predicted octanol–water partition coefficient (Wildman–Crippen LogP) is 3.52. The number of unbranched alkanes of at least 4 members (excludes halogenated alkanes) is 1. The molecule has 1 N–H and O–H groups in total. The summed E-state index contributed by atoms with van der Waals surface area (Å²) in [6.07, 6.45) is -2.59. The Morgan fingerprint density at radius 2 is 1.92 bits per heavy atom. The minimum atomic E-state index is -4.36. The van der Waals surface area contributed by atoms with Gasteiger partial charge in [0.15, 0.2) is 0 Å². The third kappa shape index (κ3) is 6.49. The minimum absolute atomic E-state index is 0.162. The van der Waals surface area contributed by atoms with Crippen molar-refractivity contribution in [3.8, 4) is 0 Å². The summed E-state index contributed by atoms with van der Waals surface area (Å²) in [7, 11) is 0. The molecule has 8 heteroatoms. The van der Waals surface area contributed by atoms with E-state index in [1.807, 2.05) is 0 Å². The lowest BCUT2D eigenvalue weighted by Crippen LogP contribution is -2.43. The molecule has 1 aliphatic heterocycles. The van der Waals surface area contributed by atoms with Gasteiger partial charge in [0.25, 0.3) is 0 Å².